The van der Waals surface area contributed by atoms with Crippen LogP contribution in [0.4, 0.5) is 0 Å². The Hall–Kier alpha value is -0.410. The molecule has 2 aliphatic rings. The predicted octanol–water partition coefficient (Wildman–Crippen LogP) is 2.58. The fourth-order valence-electron chi connectivity index (χ4n) is 2.92. The van der Waals surface area contributed by atoms with Gasteiger partial charge in [-0.25, -0.2) is 0 Å². The summed E-state index contributed by atoms with van der Waals surface area (Å²) >= 11 is 0. The first-order chi connectivity index (χ1) is 8.11. The number of carbonyl (C=O) groups is 1. The standard InChI is InChI=1S/C14H24O3/c1-11(2)13(15)9-12-3-6-17-14(10-12)4-7-16-8-5-14/h11-12H,3-10H2,1-2H3. The van der Waals surface area contributed by atoms with Gasteiger partial charge < -0.3 is 9.47 Å². The van der Waals surface area contributed by atoms with E-state index in [-0.39, 0.29) is 11.5 Å². The molecule has 2 rings (SSSR count). The van der Waals surface area contributed by atoms with Crippen molar-refractivity contribution in [3.05, 3.63) is 0 Å². The molecule has 0 aromatic heterocycles. The highest BCUT2D eigenvalue weighted by Gasteiger charge is 2.39. The maximum atomic E-state index is 11.8. The molecule has 2 aliphatic heterocycles. The molecule has 2 saturated heterocycles. The Balaban J connectivity index is 1.90. The lowest BCUT2D eigenvalue weighted by Crippen LogP contribution is -2.44. The molecule has 0 bridgehead atoms. The molecule has 2 heterocycles. The zero-order valence-corrected chi connectivity index (χ0v) is 11.0. The van der Waals surface area contributed by atoms with E-state index in [2.05, 4.69) is 0 Å². The zero-order valence-electron chi connectivity index (χ0n) is 11.0. The minimum absolute atomic E-state index is 0.0262. The number of carbonyl (C=O) groups excluding carboxylic acids is 1. The van der Waals surface area contributed by atoms with Gasteiger partial charge in [0.15, 0.2) is 0 Å². The summed E-state index contributed by atoms with van der Waals surface area (Å²) in [7, 11) is 0. The van der Waals surface area contributed by atoms with Crippen LogP contribution in [0.3, 0.4) is 0 Å². The first-order valence-corrected chi connectivity index (χ1v) is 6.86. The van der Waals surface area contributed by atoms with Gasteiger partial charge in [0, 0.05) is 32.2 Å². The van der Waals surface area contributed by atoms with Gasteiger partial charge >= 0.3 is 0 Å². The normalized spacial score (nSPS) is 28.5. The van der Waals surface area contributed by atoms with Gasteiger partial charge in [0.1, 0.15) is 5.78 Å². The predicted molar refractivity (Wildman–Crippen MR) is 65.9 cm³/mol. The largest absolute Gasteiger partial charge is 0.381 e. The molecular formula is C14H24O3. The minimum atomic E-state index is 0.0262. The van der Waals surface area contributed by atoms with Crippen molar-refractivity contribution in [1.82, 2.24) is 0 Å². The first kappa shape index (κ1) is 13.0. The van der Waals surface area contributed by atoms with Crippen molar-refractivity contribution in [3.63, 3.8) is 0 Å². The number of hydrogen-bond acceptors (Lipinski definition) is 3. The van der Waals surface area contributed by atoms with Crippen molar-refractivity contribution in [3.8, 4) is 0 Å². The molecule has 0 saturated carbocycles. The SMILES string of the molecule is CC(C)C(=O)CC1CCOC2(CCOCC2)C1. The van der Waals surface area contributed by atoms with Crippen LogP contribution in [-0.4, -0.2) is 31.2 Å². The molecule has 1 unspecified atom stereocenters. The fraction of sp³-hybridized carbons (Fsp3) is 0.929. The van der Waals surface area contributed by atoms with Gasteiger partial charge in [-0.3, -0.25) is 4.79 Å². The average molecular weight is 240 g/mol. The molecular weight excluding hydrogens is 216 g/mol. The number of ketones is 1. The summed E-state index contributed by atoms with van der Waals surface area (Å²) in [6.07, 6.45) is 4.83. The van der Waals surface area contributed by atoms with Crippen molar-refractivity contribution < 1.29 is 14.3 Å². The highest BCUT2D eigenvalue weighted by Crippen LogP contribution is 2.38. The molecule has 0 aromatic carbocycles. The maximum absolute atomic E-state index is 11.8. The van der Waals surface area contributed by atoms with E-state index in [1.807, 2.05) is 13.8 Å². The monoisotopic (exact) mass is 240 g/mol. The summed E-state index contributed by atoms with van der Waals surface area (Å²) in [5, 5.41) is 0. The number of ether oxygens (including phenoxy) is 2. The van der Waals surface area contributed by atoms with Crippen molar-refractivity contribution in [2.45, 2.75) is 51.6 Å². The van der Waals surface area contributed by atoms with Crippen LogP contribution in [0.5, 0.6) is 0 Å². The van der Waals surface area contributed by atoms with E-state index in [0.717, 1.165) is 51.9 Å². The van der Waals surface area contributed by atoms with Gasteiger partial charge in [0.2, 0.25) is 0 Å². The number of rotatable bonds is 3. The van der Waals surface area contributed by atoms with Crippen LogP contribution in [0, 0.1) is 11.8 Å². The lowest BCUT2D eigenvalue weighted by molar-refractivity contribution is -0.150. The Morgan fingerprint density at radius 1 is 1.29 bits per heavy atom. The molecule has 1 atom stereocenters. The summed E-state index contributed by atoms with van der Waals surface area (Å²) < 4.78 is 11.4. The summed E-state index contributed by atoms with van der Waals surface area (Å²) in [5.74, 6) is 1.10. The molecule has 98 valence electrons. The highest BCUT2D eigenvalue weighted by molar-refractivity contribution is 5.80. The van der Waals surface area contributed by atoms with E-state index < -0.39 is 0 Å². The summed E-state index contributed by atoms with van der Waals surface area (Å²) in [4.78, 5) is 11.8. The van der Waals surface area contributed by atoms with Gasteiger partial charge in [0.05, 0.1) is 5.60 Å². The third kappa shape index (κ3) is 3.29. The topological polar surface area (TPSA) is 35.5 Å². The first-order valence-electron chi connectivity index (χ1n) is 6.86. The Bertz CT molecular complexity index is 261. The van der Waals surface area contributed by atoms with Gasteiger partial charge in [-0.15, -0.1) is 0 Å². The van der Waals surface area contributed by atoms with Crippen molar-refractivity contribution in [2.24, 2.45) is 11.8 Å². The minimum Gasteiger partial charge on any atom is -0.381 e. The second-order valence-corrected chi connectivity index (χ2v) is 5.83. The van der Waals surface area contributed by atoms with Crippen LogP contribution in [0.2, 0.25) is 0 Å². The van der Waals surface area contributed by atoms with Crippen LogP contribution in [-0.2, 0) is 14.3 Å². The summed E-state index contributed by atoms with van der Waals surface area (Å²) in [6, 6.07) is 0. The Morgan fingerprint density at radius 2 is 2.00 bits per heavy atom. The van der Waals surface area contributed by atoms with Crippen molar-refractivity contribution in [2.75, 3.05) is 19.8 Å². The number of Topliss-reactive ketones (excluding diaryl/α,β-unsaturated/α-hetero) is 1. The van der Waals surface area contributed by atoms with Gasteiger partial charge in [-0.05, 0) is 31.6 Å². The van der Waals surface area contributed by atoms with E-state index in [4.69, 9.17) is 9.47 Å². The molecule has 0 radical (unpaired) electrons. The Morgan fingerprint density at radius 3 is 2.65 bits per heavy atom. The van der Waals surface area contributed by atoms with E-state index >= 15 is 0 Å². The van der Waals surface area contributed by atoms with Crippen LogP contribution in [0.15, 0.2) is 0 Å². The summed E-state index contributed by atoms with van der Waals surface area (Å²) in [6.45, 7) is 6.42. The van der Waals surface area contributed by atoms with E-state index in [1.165, 1.54) is 0 Å². The van der Waals surface area contributed by atoms with E-state index in [9.17, 15) is 4.79 Å². The van der Waals surface area contributed by atoms with E-state index in [1.54, 1.807) is 0 Å². The molecule has 3 heteroatoms. The average Bonchev–Trinajstić information content (AvgIpc) is 2.30. The van der Waals surface area contributed by atoms with E-state index in [0.29, 0.717) is 11.7 Å². The van der Waals surface area contributed by atoms with Gasteiger partial charge in [0.25, 0.3) is 0 Å². The fourth-order valence-corrected chi connectivity index (χ4v) is 2.92. The third-order valence-corrected chi connectivity index (χ3v) is 4.13. The maximum Gasteiger partial charge on any atom is 0.135 e. The Kier molecular flexibility index (Phi) is 4.21. The lowest BCUT2D eigenvalue weighted by Gasteiger charge is -2.43. The molecule has 0 aliphatic carbocycles. The molecule has 0 amide bonds. The molecule has 0 aromatic rings. The van der Waals surface area contributed by atoms with Gasteiger partial charge in [-0.1, -0.05) is 13.8 Å². The van der Waals surface area contributed by atoms with Crippen molar-refractivity contribution >= 4 is 5.78 Å². The molecule has 17 heavy (non-hydrogen) atoms. The number of hydrogen-bond donors (Lipinski definition) is 0. The van der Waals surface area contributed by atoms with Crippen molar-refractivity contribution in [1.29, 1.82) is 0 Å². The lowest BCUT2D eigenvalue weighted by atomic mass is 9.78. The molecule has 3 nitrogen and oxygen atoms in total. The molecule has 0 N–H and O–H groups in total. The molecule has 1 spiro atoms. The molecule has 2 fully saturated rings. The van der Waals surface area contributed by atoms with Crippen LogP contribution in [0.25, 0.3) is 0 Å². The highest BCUT2D eigenvalue weighted by atomic mass is 16.5. The van der Waals surface area contributed by atoms with Crippen LogP contribution < -0.4 is 0 Å². The quantitative estimate of drug-likeness (QED) is 0.760. The Labute approximate surface area is 104 Å². The smallest absolute Gasteiger partial charge is 0.135 e. The third-order valence-electron chi connectivity index (χ3n) is 4.13. The zero-order chi connectivity index (χ0) is 12.3. The van der Waals surface area contributed by atoms with Crippen LogP contribution >= 0.6 is 0 Å². The second kappa shape index (κ2) is 5.49. The summed E-state index contributed by atoms with van der Waals surface area (Å²) in [5.41, 5.74) is 0.0262. The van der Waals surface area contributed by atoms with Gasteiger partial charge in [-0.2, -0.15) is 0 Å². The second-order valence-electron chi connectivity index (χ2n) is 5.83. The van der Waals surface area contributed by atoms with Crippen LogP contribution in [0.1, 0.15) is 46.0 Å².